The third-order valence-electron chi connectivity index (χ3n) is 2.49. The lowest BCUT2D eigenvalue weighted by molar-refractivity contribution is -0.0500. The number of hydrogen-bond donors (Lipinski definition) is 0. The first kappa shape index (κ1) is 15.6. The quantitative estimate of drug-likeness (QED) is 0.578. The molecule has 0 N–H and O–H groups in total. The van der Waals surface area contributed by atoms with Crippen LogP contribution in [-0.2, 0) is 10.9 Å². The van der Waals surface area contributed by atoms with Crippen LogP contribution in [0.15, 0.2) is 64.4 Å². The molecule has 0 aliphatic carbocycles. The number of benzene rings is 2. The molecular formula is C14H10F5OS+. The third-order valence-corrected chi connectivity index (χ3v) is 4.45. The minimum atomic E-state index is -4.45. The zero-order chi connectivity index (χ0) is 15.5. The van der Waals surface area contributed by atoms with Crippen molar-refractivity contribution in [1.82, 2.24) is 0 Å². The van der Waals surface area contributed by atoms with E-state index in [-0.39, 0.29) is 15.5 Å². The van der Waals surface area contributed by atoms with Crippen LogP contribution in [0.25, 0.3) is 0 Å². The van der Waals surface area contributed by atoms with Crippen molar-refractivity contribution in [1.29, 1.82) is 0 Å². The molecule has 7 heteroatoms. The second kappa shape index (κ2) is 6.34. The maximum absolute atomic E-state index is 13.3. The minimum absolute atomic E-state index is 0.00434. The smallest absolute Gasteiger partial charge is 0.435 e. The normalized spacial score (nSPS) is 13.2. The van der Waals surface area contributed by atoms with Crippen LogP contribution in [0, 0.1) is 0 Å². The summed E-state index contributed by atoms with van der Waals surface area (Å²) in [5.74, 6) is -0.174. The molecule has 0 radical (unpaired) electrons. The van der Waals surface area contributed by atoms with Gasteiger partial charge in [-0.15, -0.1) is 13.2 Å². The number of hydrogen-bond acceptors (Lipinski definition) is 1. The summed E-state index contributed by atoms with van der Waals surface area (Å²) >= 11 is 0. The van der Waals surface area contributed by atoms with Crippen LogP contribution in [0.3, 0.4) is 0 Å². The van der Waals surface area contributed by atoms with E-state index in [1.54, 1.807) is 6.07 Å². The Bertz CT molecular complexity index is 568. The number of halogens is 5. The van der Waals surface area contributed by atoms with Crippen molar-refractivity contribution in [2.75, 3.05) is 0 Å². The third kappa shape index (κ3) is 4.10. The Labute approximate surface area is 120 Å². The fourth-order valence-electron chi connectivity index (χ4n) is 1.72. The van der Waals surface area contributed by atoms with Crippen LogP contribution in [0.1, 0.15) is 0 Å². The number of alkyl halides is 5. The van der Waals surface area contributed by atoms with Gasteiger partial charge in [0.1, 0.15) is 5.75 Å². The maximum atomic E-state index is 13.3. The van der Waals surface area contributed by atoms with Gasteiger partial charge in [-0.05, 0) is 36.4 Å². The Kier molecular flexibility index (Phi) is 4.72. The van der Waals surface area contributed by atoms with Crippen molar-refractivity contribution in [3.63, 3.8) is 0 Å². The summed E-state index contributed by atoms with van der Waals surface area (Å²) in [4.78, 5) is 0.114. The molecule has 1 atom stereocenters. The molecule has 0 aliphatic heterocycles. The van der Waals surface area contributed by atoms with Gasteiger partial charge in [0.05, 0.1) is 0 Å². The minimum Gasteiger partial charge on any atom is -0.435 e. The molecule has 0 fully saturated rings. The number of rotatable bonds is 4. The van der Waals surface area contributed by atoms with Crippen LogP contribution in [0.2, 0.25) is 0 Å². The zero-order valence-electron chi connectivity index (χ0n) is 10.5. The largest absolute Gasteiger partial charge is 0.586 e. The summed E-state index contributed by atoms with van der Waals surface area (Å²) in [6, 6.07) is 12.0. The molecule has 0 aliphatic rings. The molecule has 0 bridgehead atoms. The van der Waals surface area contributed by atoms with Crippen LogP contribution >= 0.6 is 0 Å². The summed E-state index contributed by atoms with van der Waals surface area (Å²) in [6.45, 7) is -3.01. The molecule has 0 amide bonds. The van der Waals surface area contributed by atoms with Crippen molar-refractivity contribution in [3.05, 3.63) is 54.6 Å². The Morgan fingerprint density at radius 3 is 1.81 bits per heavy atom. The fourth-order valence-corrected chi connectivity index (χ4v) is 3.36. The zero-order valence-corrected chi connectivity index (χ0v) is 11.3. The molecule has 0 saturated carbocycles. The van der Waals surface area contributed by atoms with Gasteiger partial charge >= 0.3 is 12.1 Å². The topological polar surface area (TPSA) is 9.23 Å². The van der Waals surface area contributed by atoms with E-state index < -0.39 is 23.0 Å². The van der Waals surface area contributed by atoms with Crippen LogP contribution in [0.5, 0.6) is 5.75 Å². The summed E-state index contributed by atoms with van der Waals surface area (Å²) in [5, 5.41) is 0. The van der Waals surface area contributed by atoms with Gasteiger partial charge in [-0.1, -0.05) is 18.2 Å². The highest BCUT2D eigenvalue weighted by molar-refractivity contribution is 7.97. The molecule has 2 rings (SSSR count). The van der Waals surface area contributed by atoms with Crippen molar-refractivity contribution in [3.8, 4) is 5.75 Å². The molecule has 0 saturated heterocycles. The van der Waals surface area contributed by atoms with E-state index in [9.17, 15) is 22.0 Å². The van der Waals surface area contributed by atoms with E-state index in [1.165, 1.54) is 24.3 Å². The van der Waals surface area contributed by atoms with Crippen molar-refractivity contribution in [2.24, 2.45) is 0 Å². The summed E-state index contributed by atoms with van der Waals surface area (Å²) in [7, 11) is -2.13. The van der Waals surface area contributed by atoms with E-state index in [4.69, 9.17) is 0 Å². The number of ether oxygens (including phenoxy) is 1. The molecule has 2 aromatic carbocycles. The second-order valence-electron chi connectivity index (χ2n) is 3.91. The highest BCUT2D eigenvalue weighted by Gasteiger charge is 2.54. The Balaban J connectivity index is 2.34. The average Bonchev–Trinajstić information content (AvgIpc) is 2.40. The lowest BCUT2D eigenvalue weighted by Gasteiger charge is -2.10. The first-order valence-corrected chi connectivity index (χ1v) is 7.01. The molecule has 0 heterocycles. The van der Waals surface area contributed by atoms with Gasteiger partial charge in [-0.2, -0.15) is 8.78 Å². The van der Waals surface area contributed by atoms with Crippen LogP contribution in [0.4, 0.5) is 22.0 Å². The van der Waals surface area contributed by atoms with Gasteiger partial charge in [0, 0.05) is 0 Å². The standard InChI is InChI=1S/C14H10F5OS/c15-13(16)20-10-6-8-12(9-7-10)21(14(17,18)19)11-4-2-1-3-5-11/h1-9,13H/q+1. The first-order chi connectivity index (χ1) is 9.88. The summed E-state index contributed by atoms with van der Waals surface area (Å²) in [6.07, 6.45) is 0. The van der Waals surface area contributed by atoms with E-state index >= 15 is 0 Å². The SMILES string of the molecule is FC(F)Oc1ccc([S+](c2ccccc2)C(F)(F)F)cc1. The van der Waals surface area contributed by atoms with Gasteiger partial charge in [-0.25, -0.2) is 0 Å². The lowest BCUT2D eigenvalue weighted by Crippen LogP contribution is -2.24. The van der Waals surface area contributed by atoms with E-state index in [2.05, 4.69) is 4.74 Å². The molecule has 1 unspecified atom stereocenters. The monoisotopic (exact) mass is 321 g/mol. The highest BCUT2D eigenvalue weighted by atomic mass is 32.2. The van der Waals surface area contributed by atoms with E-state index in [0.717, 1.165) is 24.3 Å². The predicted molar refractivity (Wildman–Crippen MR) is 69.5 cm³/mol. The van der Waals surface area contributed by atoms with Crippen LogP contribution in [-0.4, -0.2) is 12.1 Å². The maximum Gasteiger partial charge on any atom is 0.586 e. The predicted octanol–water partition coefficient (Wildman–Crippen LogP) is 4.84. The molecule has 1 nitrogen and oxygen atoms in total. The van der Waals surface area contributed by atoms with Gasteiger partial charge in [0.2, 0.25) is 0 Å². The van der Waals surface area contributed by atoms with Gasteiger partial charge in [-0.3, -0.25) is 0 Å². The molecule has 0 aromatic heterocycles. The van der Waals surface area contributed by atoms with Gasteiger partial charge < -0.3 is 4.74 Å². The molecule has 2 aromatic rings. The molecular weight excluding hydrogens is 311 g/mol. The van der Waals surface area contributed by atoms with Crippen LogP contribution < -0.4 is 4.74 Å². The lowest BCUT2D eigenvalue weighted by atomic mass is 10.3. The van der Waals surface area contributed by atoms with E-state index in [1.807, 2.05) is 0 Å². The summed E-state index contributed by atoms with van der Waals surface area (Å²) in [5.41, 5.74) is -4.45. The van der Waals surface area contributed by atoms with Crippen molar-refractivity contribution in [2.45, 2.75) is 21.9 Å². The Hall–Kier alpha value is -1.76. The Morgan fingerprint density at radius 2 is 1.33 bits per heavy atom. The van der Waals surface area contributed by atoms with Gasteiger partial charge in [0.15, 0.2) is 20.7 Å². The molecule has 0 spiro atoms. The van der Waals surface area contributed by atoms with Crippen molar-refractivity contribution < 1.29 is 26.7 Å². The van der Waals surface area contributed by atoms with Gasteiger partial charge in [0.25, 0.3) is 0 Å². The average molecular weight is 321 g/mol. The highest BCUT2D eigenvalue weighted by Crippen LogP contribution is 2.38. The molecule has 112 valence electrons. The summed E-state index contributed by atoms with van der Waals surface area (Å²) < 4.78 is 68.0. The second-order valence-corrected chi connectivity index (χ2v) is 5.93. The van der Waals surface area contributed by atoms with E-state index in [0.29, 0.717) is 0 Å². The Morgan fingerprint density at radius 1 is 0.810 bits per heavy atom. The van der Waals surface area contributed by atoms with Crippen molar-refractivity contribution >= 4 is 10.9 Å². The molecule has 21 heavy (non-hydrogen) atoms. The first-order valence-electron chi connectivity index (χ1n) is 5.79. The fraction of sp³-hybridized carbons (Fsp3) is 0.143.